The summed E-state index contributed by atoms with van der Waals surface area (Å²) in [6, 6.07) is 5.87. The van der Waals surface area contributed by atoms with Gasteiger partial charge >= 0.3 is 5.97 Å². The molecule has 0 amide bonds. The van der Waals surface area contributed by atoms with E-state index in [4.69, 9.17) is 5.11 Å². The average molecular weight is 188 g/mol. The van der Waals surface area contributed by atoms with Crippen molar-refractivity contribution in [2.45, 2.75) is 19.3 Å². The Balaban J connectivity index is 2.41. The van der Waals surface area contributed by atoms with Gasteiger partial charge in [0, 0.05) is 0 Å². The molecule has 1 aliphatic rings. The predicted octanol–water partition coefficient (Wildman–Crippen LogP) is 2.27. The zero-order chi connectivity index (χ0) is 9.97. The summed E-state index contributed by atoms with van der Waals surface area (Å²) >= 11 is 0. The van der Waals surface area contributed by atoms with Crippen LogP contribution in [0.4, 0.5) is 0 Å². The molecule has 0 spiro atoms. The Hall–Kier alpha value is -1.57. The summed E-state index contributed by atoms with van der Waals surface area (Å²) in [5.74, 6) is -0.757. The Morgan fingerprint density at radius 2 is 2.29 bits per heavy atom. The van der Waals surface area contributed by atoms with E-state index in [-0.39, 0.29) is 6.42 Å². The maximum atomic E-state index is 10.6. The first kappa shape index (κ1) is 9.00. The van der Waals surface area contributed by atoms with E-state index < -0.39 is 5.97 Å². The third-order valence-electron chi connectivity index (χ3n) is 2.51. The van der Waals surface area contributed by atoms with E-state index in [0.29, 0.717) is 0 Å². The molecule has 72 valence electrons. The number of carboxylic acid groups (broad SMARTS) is 1. The van der Waals surface area contributed by atoms with E-state index in [1.54, 1.807) is 0 Å². The van der Waals surface area contributed by atoms with Gasteiger partial charge in [0.05, 0.1) is 6.42 Å². The predicted molar refractivity (Wildman–Crippen MR) is 55.1 cm³/mol. The van der Waals surface area contributed by atoms with Gasteiger partial charge in [-0.05, 0) is 29.5 Å². The van der Waals surface area contributed by atoms with Crippen LogP contribution in [0.15, 0.2) is 24.3 Å². The lowest BCUT2D eigenvalue weighted by molar-refractivity contribution is -0.136. The first-order valence-electron chi connectivity index (χ1n) is 4.76. The molecule has 0 heterocycles. The highest BCUT2D eigenvalue weighted by atomic mass is 16.4. The first-order chi connectivity index (χ1) is 6.77. The molecule has 0 saturated carbocycles. The zero-order valence-corrected chi connectivity index (χ0v) is 7.86. The van der Waals surface area contributed by atoms with Crippen LogP contribution in [0, 0.1) is 0 Å². The summed E-state index contributed by atoms with van der Waals surface area (Å²) in [6.07, 6.45) is 6.33. The normalized spacial score (nSPS) is 13.7. The summed E-state index contributed by atoms with van der Waals surface area (Å²) in [5.41, 5.74) is 3.34. The van der Waals surface area contributed by atoms with E-state index in [1.807, 2.05) is 18.2 Å². The molecule has 0 aromatic heterocycles. The molecule has 1 aromatic carbocycles. The lowest BCUT2D eigenvalue weighted by atomic mass is 9.91. The zero-order valence-electron chi connectivity index (χ0n) is 7.86. The molecular formula is C12H12O2. The van der Waals surface area contributed by atoms with Gasteiger partial charge in [0.1, 0.15) is 0 Å². The Labute approximate surface area is 82.9 Å². The largest absolute Gasteiger partial charge is 0.481 e. The number of hydrogen-bond acceptors (Lipinski definition) is 1. The van der Waals surface area contributed by atoms with Crippen LogP contribution in [0.25, 0.3) is 6.08 Å². The number of benzene rings is 1. The van der Waals surface area contributed by atoms with Gasteiger partial charge in [0.15, 0.2) is 0 Å². The average Bonchev–Trinajstić information content (AvgIpc) is 2.18. The molecule has 0 aliphatic heterocycles. The molecule has 1 aliphatic carbocycles. The Bertz CT molecular complexity index is 391. The van der Waals surface area contributed by atoms with Crippen molar-refractivity contribution in [1.82, 2.24) is 0 Å². The van der Waals surface area contributed by atoms with Gasteiger partial charge in [-0.3, -0.25) is 4.79 Å². The molecule has 1 N–H and O–H groups in total. The molecule has 0 saturated heterocycles. The fourth-order valence-electron chi connectivity index (χ4n) is 1.88. The summed E-state index contributed by atoms with van der Waals surface area (Å²) in [6.45, 7) is 0. The third kappa shape index (κ3) is 1.69. The van der Waals surface area contributed by atoms with Gasteiger partial charge in [-0.15, -0.1) is 0 Å². The van der Waals surface area contributed by atoms with Crippen LogP contribution < -0.4 is 0 Å². The van der Waals surface area contributed by atoms with Crippen LogP contribution in [-0.2, 0) is 17.6 Å². The van der Waals surface area contributed by atoms with E-state index in [2.05, 4.69) is 12.2 Å². The number of hydrogen-bond donors (Lipinski definition) is 1. The molecule has 0 fully saturated rings. The molecule has 0 bridgehead atoms. The summed E-state index contributed by atoms with van der Waals surface area (Å²) in [4.78, 5) is 10.6. The Morgan fingerprint density at radius 3 is 3.07 bits per heavy atom. The SMILES string of the molecule is O=C(O)Cc1cccc2c1CCC=C2. The third-order valence-corrected chi connectivity index (χ3v) is 2.51. The summed E-state index contributed by atoms with van der Waals surface area (Å²) < 4.78 is 0. The molecular weight excluding hydrogens is 176 g/mol. The number of allylic oxidation sites excluding steroid dienone is 1. The number of fused-ring (bicyclic) bond motifs is 1. The van der Waals surface area contributed by atoms with Crippen LogP contribution in [0.2, 0.25) is 0 Å². The number of rotatable bonds is 2. The second kappa shape index (κ2) is 3.66. The van der Waals surface area contributed by atoms with Crippen molar-refractivity contribution in [1.29, 1.82) is 0 Å². The van der Waals surface area contributed by atoms with Crippen LogP contribution in [-0.4, -0.2) is 11.1 Å². The van der Waals surface area contributed by atoms with Crippen molar-refractivity contribution in [3.05, 3.63) is 41.0 Å². The van der Waals surface area contributed by atoms with Crippen molar-refractivity contribution < 1.29 is 9.90 Å². The minimum Gasteiger partial charge on any atom is -0.481 e. The summed E-state index contributed by atoms with van der Waals surface area (Å²) in [5, 5.41) is 8.75. The molecule has 0 unspecified atom stereocenters. The van der Waals surface area contributed by atoms with Crippen molar-refractivity contribution in [2.24, 2.45) is 0 Å². The number of aliphatic carboxylic acids is 1. The van der Waals surface area contributed by atoms with Crippen molar-refractivity contribution in [2.75, 3.05) is 0 Å². The second-order valence-corrected chi connectivity index (χ2v) is 3.50. The fraction of sp³-hybridized carbons (Fsp3) is 0.250. The highest BCUT2D eigenvalue weighted by Gasteiger charge is 2.11. The molecule has 0 radical (unpaired) electrons. The lowest BCUT2D eigenvalue weighted by Gasteiger charge is -2.13. The maximum Gasteiger partial charge on any atom is 0.307 e. The van der Waals surface area contributed by atoms with E-state index in [9.17, 15) is 4.79 Å². The minimum absolute atomic E-state index is 0.136. The first-order valence-corrected chi connectivity index (χ1v) is 4.76. The molecule has 2 rings (SSSR count). The standard InChI is InChI=1S/C12H12O2/c13-12(14)8-10-6-3-5-9-4-1-2-7-11(9)10/h1,3-6H,2,7-8H2,(H,13,14). The van der Waals surface area contributed by atoms with Gasteiger partial charge < -0.3 is 5.11 Å². The van der Waals surface area contributed by atoms with Gasteiger partial charge in [-0.2, -0.15) is 0 Å². The van der Waals surface area contributed by atoms with E-state index in [0.717, 1.165) is 18.4 Å². The van der Waals surface area contributed by atoms with Gasteiger partial charge in [-0.1, -0.05) is 30.4 Å². The lowest BCUT2D eigenvalue weighted by Crippen LogP contribution is -2.06. The fourth-order valence-corrected chi connectivity index (χ4v) is 1.88. The second-order valence-electron chi connectivity index (χ2n) is 3.50. The van der Waals surface area contributed by atoms with Gasteiger partial charge in [0.25, 0.3) is 0 Å². The smallest absolute Gasteiger partial charge is 0.307 e. The summed E-state index contributed by atoms with van der Waals surface area (Å²) in [7, 11) is 0. The molecule has 1 aromatic rings. The van der Waals surface area contributed by atoms with Gasteiger partial charge in [-0.25, -0.2) is 0 Å². The number of carbonyl (C=O) groups is 1. The number of carboxylic acids is 1. The van der Waals surface area contributed by atoms with Crippen LogP contribution in [0.5, 0.6) is 0 Å². The van der Waals surface area contributed by atoms with Crippen LogP contribution in [0.3, 0.4) is 0 Å². The van der Waals surface area contributed by atoms with Crippen LogP contribution >= 0.6 is 0 Å². The quantitative estimate of drug-likeness (QED) is 0.773. The monoisotopic (exact) mass is 188 g/mol. The topological polar surface area (TPSA) is 37.3 Å². The van der Waals surface area contributed by atoms with E-state index >= 15 is 0 Å². The Kier molecular flexibility index (Phi) is 2.35. The van der Waals surface area contributed by atoms with E-state index in [1.165, 1.54) is 11.1 Å². The highest BCUT2D eigenvalue weighted by molar-refractivity contribution is 5.72. The molecule has 2 heteroatoms. The maximum absolute atomic E-state index is 10.6. The van der Waals surface area contributed by atoms with Crippen molar-refractivity contribution in [3.8, 4) is 0 Å². The van der Waals surface area contributed by atoms with Gasteiger partial charge in [0.2, 0.25) is 0 Å². The van der Waals surface area contributed by atoms with Crippen molar-refractivity contribution in [3.63, 3.8) is 0 Å². The Morgan fingerprint density at radius 1 is 1.43 bits per heavy atom. The highest BCUT2D eigenvalue weighted by Crippen LogP contribution is 2.23. The molecule has 2 nitrogen and oxygen atoms in total. The van der Waals surface area contributed by atoms with Crippen LogP contribution in [0.1, 0.15) is 23.1 Å². The minimum atomic E-state index is -0.757. The van der Waals surface area contributed by atoms with Crippen molar-refractivity contribution >= 4 is 12.0 Å². The molecule has 0 atom stereocenters. The molecule has 14 heavy (non-hydrogen) atoms.